The van der Waals surface area contributed by atoms with Crippen molar-refractivity contribution in [1.82, 2.24) is 10.2 Å². The van der Waals surface area contributed by atoms with Gasteiger partial charge in [0, 0.05) is 24.8 Å². The van der Waals surface area contributed by atoms with Crippen LogP contribution in [-0.2, 0) is 19.4 Å². The largest absolute Gasteiger partial charge is 0.508 e. The second-order valence-electron chi connectivity index (χ2n) is 7.68. The topological polar surface area (TPSA) is 64.6 Å². The van der Waals surface area contributed by atoms with Crippen LogP contribution < -0.4 is 10.6 Å². The quantitative estimate of drug-likeness (QED) is 0.775. The zero-order chi connectivity index (χ0) is 18.6. The van der Waals surface area contributed by atoms with Crippen molar-refractivity contribution in [2.45, 2.75) is 44.7 Å². The third kappa shape index (κ3) is 4.61. The summed E-state index contributed by atoms with van der Waals surface area (Å²) in [4.78, 5) is 14.7. The third-order valence-electron chi connectivity index (χ3n) is 5.51. The maximum Gasteiger partial charge on any atom is 0.319 e. The summed E-state index contributed by atoms with van der Waals surface area (Å²) >= 11 is 0. The molecule has 1 heterocycles. The van der Waals surface area contributed by atoms with Crippen molar-refractivity contribution in [3.63, 3.8) is 0 Å². The molecule has 0 unspecified atom stereocenters. The fourth-order valence-electron chi connectivity index (χ4n) is 4.23. The van der Waals surface area contributed by atoms with E-state index in [0.29, 0.717) is 5.75 Å². The van der Waals surface area contributed by atoms with Gasteiger partial charge in [-0.1, -0.05) is 18.2 Å². The van der Waals surface area contributed by atoms with E-state index in [1.807, 2.05) is 18.2 Å². The maximum absolute atomic E-state index is 12.4. The Bertz CT molecular complexity index is 821. The van der Waals surface area contributed by atoms with Gasteiger partial charge in [-0.05, 0) is 79.6 Å². The van der Waals surface area contributed by atoms with Crippen molar-refractivity contribution in [3.05, 3.63) is 59.2 Å². The predicted octanol–water partition coefficient (Wildman–Crippen LogP) is 3.67. The number of phenols is 1. The van der Waals surface area contributed by atoms with Crippen LogP contribution in [0.15, 0.2) is 42.5 Å². The number of hydrogen-bond donors (Lipinski definition) is 3. The van der Waals surface area contributed by atoms with E-state index in [9.17, 15) is 9.90 Å². The second kappa shape index (κ2) is 8.01. The van der Waals surface area contributed by atoms with Gasteiger partial charge in [-0.15, -0.1) is 0 Å². The number of urea groups is 1. The highest BCUT2D eigenvalue weighted by atomic mass is 16.3. The lowest BCUT2D eigenvalue weighted by Crippen LogP contribution is -2.48. The number of carbonyl (C=O) groups excluding carboxylic acids is 1. The Morgan fingerprint density at radius 2 is 2.00 bits per heavy atom. The highest BCUT2D eigenvalue weighted by Crippen LogP contribution is 2.25. The molecule has 4 rings (SSSR count). The number of nitrogens with one attached hydrogen (secondary N) is 2. The Morgan fingerprint density at radius 3 is 2.89 bits per heavy atom. The molecule has 0 aromatic heterocycles. The summed E-state index contributed by atoms with van der Waals surface area (Å²) in [6, 6.07) is 13.6. The van der Waals surface area contributed by atoms with E-state index in [0.717, 1.165) is 56.6 Å². The van der Waals surface area contributed by atoms with Crippen LogP contribution in [0.25, 0.3) is 0 Å². The van der Waals surface area contributed by atoms with Gasteiger partial charge in [0.05, 0.1) is 0 Å². The molecule has 2 aromatic carbocycles. The molecule has 2 amide bonds. The molecule has 1 saturated heterocycles. The summed E-state index contributed by atoms with van der Waals surface area (Å²) in [5, 5.41) is 15.7. The minimum atomic E-state index is -0.128. The molecule has 3 N–H and O–H groups in total. The fourth-order valence-corrected chi connectivity index (χ4v) is 4.23. The Morgan fingerprint density at radius 1 is 1.11 bits per heavy atom. The lowest BCUT2D eigenvalue weighted by atomic mass is 10.0. The van der Waals surface area contributed by atoms with E-state index in [4.69, 9.17) is 0 Å². The Balaban J connectivity index is 1.30. The number of benzene rings is 2. The number of phenolic OH excluding ortho intramolecular Hbond substituents is 1. The number of hydrogen-bond acceptors (Lipinski definition) is 3. The molecule has 0 saturated carbocycles. The Labute approximate surface area is 160 Å². The van der Waals surface area contributed by atoms with Gasteiger partial charge in [-0.3, -0.25) is 4.90 Å². The molecule has 5 heteroatoms. The van der Waals surface area contributed by atoms with E-state index in [-0.39, 0.29) is 12.1 Å². The zero-order valence-corrected chi connectivity index (χ0v) is 15.6. The summed E-state index contributed by atoms with van der Waals surface area (Å²) in [5.41, 5.74) is 4.75. The van der Waals surface area contributed by atoms with Crippen LogP contribution in [0.2, 0.25) is 0 Å². The summed E-state index contributed by atoms with van der Waals surface area (Å²) in [6.45, 7) is 2.63. The van der Waals surface area contributed by atoms with Crippen LogP contribution in [0.1, 0.15) is 36.0 Å². The molecule has 0 spiro atoms. The lowest BCUT2D eigenvalue weighted by Gasteiger charge is -2.33. The Hall–Kier alpha value is -2.53. The van der Waals surface area contributed by atoms with Gasteiger partial charge in [0.2, 0.25) is 0 Å². The van der Waals surface area contributed by atoms with Crippen molar-refractivity contribution in [3.8, 4) is 5.75 Å². The fraction of sp³-hybridized carbons (Fsp3) is 0.409. The highest BCUT2D eigenvalue weighted by molar-refractivity contribution is 5.89. The van der Waals surface area contributed by atoms with Crippen molar-refractivity contribution in [2.24, 2.45) is 0 Å². The number of rotatable bonds is 4. The van der Waals surface area contributed by atoms with E-state index in [1.54, 1.807) is 12.1 Å². The monoisotopic (exact) mass is 365 g/mol. The number of aromatic hydroxyl groups is 1. The summed E-state index contributed by atoms with van der Waals surface area (Å²) in [6.07, 6.45) is 5.52. The molecule has 2 aromatic rings. The Kier molecular flexibility index (Phi) is 5.30. The van der Waals surface area contributed by atoms with Crippen LogP contribution in [0.5, 0.6) is 5.75 Å². The first-order valence-electron chi connectivity index (χ1n) is 9.85. The van der Waals surface area contributed by atoms with Crippen LogP contribution in [0.3, 0.4) is 0 Å². The van der Waals surface area contributed by atoms with Crippen LogP contribution >= 0.6 is 0 Å². The summed E-state index contributed by atoms with van der Waals surface area (Å²) < 4.78 is 0. The third-order valence-corrected chi connectivity index (χ3v) is 5.51. The van der Waals surface area contributed by atoms with E-state index < -0.39 is 0 Å². The van der Waals surface area contributed by atoms with Gasteiger partial charge in [-0.25, -0.2) is 4.79 Å². The van der Waals surface area contributed by atoms with Crippen molar-refractivity contribution >= 4 is 11.7 Å². The first-order chi connectivity index (χ1) is 13.2. The molecule has 0 radical (unpaired) electrons. The highest BCUT2D eigenvalue weighted by Gasteiger charge is 2.22. The molecule has 1 atom stereocenters. The average Bonchev–Trinajstić information content (AvgIpc) is 3.09. The average molecular weight is 365 g/mol. The molecule has 5 nitrogen and oxygen atoms in total. The molecular weight excluding hydrogens is 338 g/mol. The summed E-state index contributed by atoms with van der Waals surface area (Å²) in [7, 11) is 0. The molecule has 1 aliphatic carbocycles. The van der Waals surface area contributed by atoms with Crippen molar-refractivity contribution in [1.29, 1.82) is 0 Å². The minimum Gasteiger partial charge on any atom is -0.508 e. The van der Waals surface area contributed by atoms with Gasteiger partial charge in [-0.2, -0.15) is 0 Å². The molecule has 142 valence electrons. The van der Waals surface area contributed by atoms with E-state index >= 15 is 0 Å². The van der Waals surface area contributed by atoms with Crippen LogP contribution in [0.4, 0.5) is 10.5 Å². The molecule has 27 heavy (non-hydrogen) atoms. The van der Waals surface area contributed by atoms with Gasteiger partial charge in [0.1, 0.15) is 5.75 Å². The molecule has 2 aliphatic rings. The standard InChI is InChI=1S/C22H27N3O2/c26-21-8-1-4-16(12-21)14-25-11-3-7-20(15-25)24-22(27)23-19-10-9-17-5-2-6-18(17)13-19/h1,4,8-10,12-13,20,26H,2-3,5-7,11,14-15H2,(H2,23,24,27)/t20-/m0/s1. The van der Waals surface area contributed by atoms with E-state index in [2.05, 4.69) is 27.7 Å². The number of nitrogens with zero attached hydrogens (tertiary/aromatic N) is 1. The van der Waals surface area contributed by atoms with Gasteiger partial charge >= 0.3 is 6.03 Å². The number of amides is 2. The van der Waals surface area contributed by atoms with E-state index in [1.165, 1.54) is 17.5 Å². The SMILES string of the molecule is O=C(Nc1ccc2c(c1)CCC2)N[C@H]1CCCN(Cc2cccc(O)c2)C1. The number of anilines is 1. The number of fused-ring (bicyclic) bond motifs is 1. The van der Waals surface area contributed by atoms with Crippen molar-refractivity contribution in [2.75, 3.05) is 18.4 Å². The van der Waals surface area contributed by atoms with Gasteiger partial charge in [0.25, 0.3) is 0 Å². The number of carbonyl (C=O) groups is 1. The minimum absolute atomic E-state index is 0.128. The summed E-state index contributed by atoms with van der Waals surface area (Å²) in [5.74, 6) is 0.299. The van der Waals surface area contributed by atoms with Gasteiger partial charge < -0.3 is 15.7 Å². The number of piperidine rings is 1. The zero-order valence-electron chi connectivity index (χ0n) is 15.6. The lowest BCUT2D eigenvalue weighted by molar-refractivity contribution is 0.183. The molecule has 1 fully saturated rings. The molecule has 1 aliphatic heterocycles. The smallest absolute Gasteiger partial charge is 0.319 e. The number of aryl methyl sites for hydroxylation is 2. The van der Waals surface area contributed by atoms with Crippen molar-refractivity contribution < 1.29 is 9.90 Å². The normalized spacial score (nSPS) is 19.5. The first-order valence-corrected chi connectivity index (χ1v) is 9.85. The maximum atomic E-state index is 12.4. The molecular formula is C22H27N3O2. The van der Waals surface area contributed by atoms with Gasteiger partial charge in [0.15, 0.2) is 0 Å². The number of likely N-dealkylation sites (tertiary alicyclic amines) is 1. The second-order valence-corrected chi connectivity index (χ2v) is 7.68. The first kappa shape index (κ1) is 17.9. The van der Waals surface area contributed by atoms with Crippen LogP contribution in [-0.4, -0.2) is 35.2 Å². The molecule has 0 bridgehead atoms. The predicted molar refractivity (Wildman–Crippen MR) is 107 cm³/mol. The van der Waals surface area contributed by atoms with Crippen LogP contribution in [0, 0.1) is 0 Å².